The minimum absolute atomic E-state index is 0.00299. The van der Waals surface area contributed by atoms with E-state index in [0.29, 0.717) is 0 Å². The number of benzene rings is 2. The molecule has 5 nitrogen and oxygen atoms in total. The Morgan fingerprint density at radius 2 is 1.46 bits per heavy atom. The van der Waals surface area contributed by atoms with Gasteiger partial charge in [0.15, 0.2) is 5.82 Å². The van der Waals surface area contributed by atoms with Crippen molar-refractivity contribution in [2.75, 3.05) is 16.8 Å². The third-order valence-corrected chi connectivity index (χ3v) is 6.06. The maximum absolute atomic E-state index is 15.4. The number of anilines is 2. The van der Waals surface area contributed by atoms with Gasteiger partial charge in [-0.1, -0.05) is 29.3 Å². The number of nitrogens with zero attached hydrogens (tertiary/aromatic N) is 2. The highest BCUT2D eigenvalue weighted by atomic mass is 35.5. The molecular weight excluding hydrogens is 585 g/mol. The van der Waals surface area contributed by atoms with E-state index in [1.165, 1.54) is 36.7 Å². The molecule has 2 aromatic carbocycles. The molecule has 2 amide bonds. The summed E-state index contributed by atoms with van der Waals surface area (Å²) in [4.78, 5) is 30.5. The third kappa shape index (κ3) is 5.64. The predicted molar refractivity (Wildman–Crippen MR) is 127 cm³/mol. The van der Waals surface area contributed by atoms with Crippen LogP contribution in [-0.4, -0.2) is 35.7 Å². The first-order chi connectivity index (χ1) is 18.0. The Balaban J connectivity index is 1.98. The third-order valence-electron chi connectivity index (χ3n) is 5.46. The van der Waals surface area contributed by atoms with Gasteiger partial charge in [-0.05, 0) is 43.3 Å². The van der Waals surface area contributed by atoms with Gasteiger partial charge in [0.1, 0.15) is 0 Å². The van der Waals surface area contributed by atoms with Crippen molar-refractivity contribution in [3.8, 4) is 0 Å². The van der Waals surface area contributed by atoms with Crippen molar-refractivity contribution >= 4 is 46.4 Å². The fourth-order valence-electron chi connectivity index (χ4n) is 3.54. The fourth-order valence-corrected chi connectivity index (χ4v) is 4.12. The van der Waals surface area contributed by atoms with Gasteiger partial charge in [-0.3, -0.25) is 14.6 Å². The van der Waals surface area contributed by atoms with Crippen molar-refractivity contribution in [3.05, 3.63) is 87.4 Å². The highest BCUT2D eigenvalue weighted by Gasteiger charge is 2.73. The zero-order valence-corrected chi connectivity index (χ0v) is 20.9. The number of carbonyl (C=O) groups excluding carboxylic acids is 2. The molecule has 1 aromatic heterocycles. The van der Waals surface area contributed by atoms with E-state index in [1.54, 1.807) is 6.92 Å². The number of halogens is 10. The minimum Gasteiger partial charge on any atom is -0.319 e. The molecule has 3 aromatic rings. The number of nitrogens with one attached hydrogen (secondary N) is 1. The summed E-state index contributed by atoms with van der Waals surface area (Å²) < 4.78 is 108. The molecule has 0 saturated carbocycles. The van der Waals surface area contributed by atoms with Crippen molar-refractivity contribution in [1.29, 1.82) is 0 Å². The van der Waals surface area contributed by atoms with Crippen LogP contribution in [0.4, 0.5) is 46.5 Å². The molecule has 0 unspecified atom stereocenters. The summed E-state index contributed by atoms with van der Waals surface area (Å²) in [5.74, 6) is -3.07. The number of hydrogen-bond donors (Lipinski definition) is 1. The molecular formula is C24H15Cl2F8N3O2. The molecule has 0 aliphatic rings. The summed E-state index contributed by atoms with van der Waals surface area (Å²) in [5.41, 5.74) is -9.31. The van der Waals surface area contributed by atoms with Crippen LogP contribution in [0.25, 0.3) is 0 Å². The Labute approximate surface area is 225 Å². The van der Waals surface area contributed by atoms with Crippen molar-refractivity contribution in [2.24, 2.45) is 0 Å². The average Bonchev–Trinajstić information content (AvgIpc) is 2.85. The lowest BCUT2D eigenvalue weighted by Crippen LogP contribution is -2.50. The normalized spacial score (nSPS) is 12.3. The van der Waals surface area contributed by atoms with Crippen LogP contribution < -0.4 is 10.2 Å². The number of alkyl halides is 7. The lowest BCUT2D eigenvalue weighted by Gasteiger charge is -2.30. The second kappa shape index (κ2) is 11.0. The molecule has 0 saturated heterocycles. The maximum atomic E-state index is 15.4. The largest absolute Gasteiger partial charge is 0.435 e. The number of rotatable bonds is 6. The van der Waals surface area contributed by atoms with Gasteiger partial charge in [0.2, 0.25) is 0 Å². The van der Waals surface area contributed by atoms with Gasteiger partial charge in [-0.15, -0.1) is 0 Å². The molecule has 1 heterocycles. The summed E-state index contributed by atoms with van der Waals surface area (Å²) in [7, 11) is 0. The highest BCUT2D eigenvalue weighted by Crippen LogP contribution is 2.54. The predicted octanol–water partition coefficient (Wildman–Crippen LogP) is 7.74. The monoisotopic (exact) mass is 599 g/mol. The van der Waals surface area contributed by atoms with Crippen LogP contribution >= 0.6 is 23.2 Å². The summed E-state index contributed by atoms with van der Waals surface area (Å²) >= 11 is 11.5. The zero-order chi connectivity index (χ0) is 29.3. The van der Waals surface area contributed by atoms with Gasteiger partial charge in [-0.25, -0.2) is 8.78 Å². The lowest BCUT2D eigenvalue weighted by molar-refractivity contribution is -0.348. The first kappa shape index (κ1) is 30.1. The first-order valence-electron chi connectivity index (χ1n) is 10.7. The molecule has 39 heavy (non-hydrogen) atoms. The van der Waals surface area contributed by atoms with E-state index in [4.69, 9.17) is 23.2 Å². The molecule has 15 heteroatoms. The van der Waals surface area contributed by atoms with Crippen molar-refractivity contribution in [1.82, 2.24) is 4.98 Å². The lowest BCUT2D eigenvalue weighted by atomic mass is 9.94. The Bertz CT molecular complexity index is 1360. The molecule has 0 radical (unpaired) electrons. The standard InChI is InChI=1S/C24H15Cl2F8N3O2/c1-2-37(21(39)12-6-8-35-9-7-12)17-5-3-4-14(18(17)27)20(38)36-19-15(25)10-13(11-16(19)26)22(28,23(29,30)31)24(32,33)34/h3-11H,2H2,1H3,(H,36,38). The molecule has 3 rings (SSSR count). The first-order valence-corrected chi connectivity index (χ1v) is 11.4. The van der Waals surface area contributed by atoms with Gasteiger partial charge in [0, 0.05) is 30.1 Å². The Kier molecular flexibility index (Phi) is 8.46. The maximum Gasteiger partial charge on any atom is 0.435 e. The Hall–Kier alpha value is -3.45. The topological polar surface area (TPSA) is 62.3 Å². The van der Waals surface area contributed by atoms with Crippen molar-refractivity contribution in [2.45, 2.75) is 24.9 Å². The van der Waals surface area contributed by atoms with Crippen molar-refractivity contribution in [3.63, 3.8) is 0 Å². The second-order valence-corrected chi connectivity index (χ2v) is 8.66. The summed E-state index contributed by atoms with van der Waals surface area (Å²) in [6.45, 7) is 1.52. The van der Waals surface area contributed by atoms with Crippen LogP contribution in [0.5, 0.6) is 0 Å². The van der Waals surface area contributed by atoms with Gasteiger partial charge < -0.3 is 10.2 Å². The van der Waals surface area contributed by atoms with Crippen LogP contribution in [0.1, 0.15) is 33.2 Å². The van der Waals surface area contributed by atoms with E-state index in [9.17, 15) is 40.3 Å². The molecule has 208 valence electrons. The minimum atomic E-state index is -6.43. The van der Waals surface area contributed by atoms with E-state index in [2.05, 4.69) is 4.98 Å². The number of pyridine rings is 1. The molecule has 0 atom stereocenters. The number of amides is 2. The van der Waals surface area contributed by atoms with E-state index in [0.717, 1.165) is 11.0 Å². The summed E-state index contributed by atoms with van der Waals surface area (Å²) in [5, 5.41) is 0.0270. The van der Waals surface area contributed by atoms with Gasteiger partial charge in [0.25, 0.3) is 11.8 Å². The zero-order valence-electron chi connectivity index (χ0n) is 19.4. The molecule has 1 N–H and O–H groups in total. The van der Waals surface area contributed by atoms with Gasteiger partial charge >= 0.3 is 18.0 Å². The number of hydrogen-bond acceptors (Lipinski definition) is 3. The molecule has 0 bridgehead atoms. The van der Waals surface area contributed by atoms with E-state index >= 15 is 4.39 Å². The van der Waals surface area contributed by atoms with Crippen molar-refractivity contribution < 1.29 is 44.7 Å². The van der Waals surface area contributed by atoms with Crippen LogP contribution in [0.15, 0.2) is 54.9 Å². The summed E-state index contributed by atoms with van der Waals surface area (Å²) in [6.07, 6.45) is -10.2. The Morgan fingerprint density at radius 1 is 0.923 bits per heavy atom. The smallest absolute Gasteiger partial charge is 0.319 e. The van der Waals surface area contributed by atoms with E-state index in [1.807, 2.05) is 5.32 Å². The van der Waals surface area contributed by atoms with Gasteiger partial charge in [0.05, 0.1) is 27.0 Å². The van der Waals surface area contributed by atoms with Crippen LogP contribution in [0, 0.1) is 5.82 Å². The number of carbonyl (C=O) groups is 2. The fraction of sp³-hybridized carbons (Fsp3) is 0.208. The number of aromatic nitrogens is 1. The summed E-state index contributed by atoms with van der Waals surface area (Å²) in [6, 6.07) is 6.21. The Morgan fingerprint density at radius 3 is 1.95 bits per heavy atom. The quantitative estimate of drug-likeness (QED) is 0.295. The van der Waals surface area contributed by atoms with Crippen LogP contribution in [-0.2, 0) is 5.67 Å². The molecule has 0 aliphatic carbocycles. The molecule has 0 aliphatic heterocycles. The average molecular weight is 600 g/mol. The van der Waals surface area contributed by atoms with E-state index < -0.39 is 62.5 Å². The second-order valence-electron chi connectivity index (χ2n) is 7.85. The molecule has 0 spiro atoms. The van der Waals surface area contributed by atoms with E-state index in [-0.39, 0.29) is 29.9 Å². The molecule has 0 fully saturated rings. The SMILES string of the molecule is CCN(C(=O)c1ccncc1)c1cccc(C(=O)Nc2c(Cl)cc(C(F)(C(F)(F)F)C(F)(F)F)cc2Cl)c1F. The van der Waals surface area contributed by atoms with Gasteiger partial charge in [-0.2, -0.15) is 26.3 Å². The highest BCUT2D eigenvalue weighted by molar-refractivity contribution is 6.40. The van der Waals surface area contributed by atoms with Crippen LogP contribution in [0.2, 0.25) is 10.0 Å². The van der Waals surface area contributed by atoms with Crippen LogP contribution in [0.3, 0.4) is 0 Å².